The molecule has 0 radical (unpaired) electrons. The van der Waals surface area contributed by atoms with E-state index in [2.05, 4.69) is 34.1 Å². The average molecular weight is 463 g/mol. The van der Waals surface area contributed by atoms with Crippen LogP contribution >= 0.6 is 0 Å². The molecule has 0 amide bonds. The van der Waals surface area contributed by atoms with Gasteiger partial charge in [0.1, 0.15) is 23.3 Å². The van der Waals surface area contributed by atoms with E-state index >= 15 is 0 Å². The van der Waals surface area contributed by atoms with Crippen molar-refractivity contribution in [1.29, 1.82) is 5.41 Å². The fourth-order valence-corrected chi connectivity index (χ4v) is 3.69. The Bertz CT molecular complexity index is 863. The standard InChI is InChI=1S/C24H33F3N6/c1-4-29-8-10-33(24-15-21(17(3)30-5-2)22(27)16-32-24)11-9-31-23(6-7-28)18-12-19(25)14-20(26)13-18/h4,7,12-14,16,21,23,28-31H,1,3,5-6,8-11,15H2,2H3. The first-order valence-electron chi connectivity index (χ1n) is 11.0. The van der Waals surface area contributed by atoms with Crippen molar-refractivity contribution >= 4 is 12.1 Å². The van der Waals surface area contributed by atoms with E-state index in [-0.39, 0.29) is 5.83 Å². The highest BCUT2D eigenvalue weighted by Gasteiger charge is 2.26. The molecule has 1 aromatic carbocycles. The Morgan fingerprint density at radius 1 is 1.24 bits per heavy atom. The number of halogens is 3. The van der Waals surface area contributed by atoms with Crippen LogP contribution in [0.5, 0.6) is 0 Å². The second-order valence-corrected chi connectivity index (χ2v) is 7.67. The van der Waals surface area contributed by atoms with E-state index < -0.39 is 23.6 Å². The SMILES string of the molecule is C=CNCCN(CCNC(CC=N)c1cc(F)cc(F)c1)C1=NC=C(F)C(C(=C)NCC)C1. The molecule has 1 aromatic rings. The second kappa shape index (κ2) is 13.5. The predicted molar refractivity (Wildman–Crippen MR) is 128 cm³/mol. The van der Waals surface area contributed by atoms with E-state index in [4.69, 9.17) is 5.41 Å². The number of benzene rings is 1. The average Bonchev–Trinajstić information content (AvgIpc) is 2.77. The van der Waals surface area contributed by atoms with Gasteiger partial charge in [0.25, 0.3) is 0 Å². The summed E-state index contributed by atoms with van der Waals surface area (Å²) in [4.78, 5) is 6.35. The summed E-state index contributed by atoms with van der Waals surface area (Å²) in [6, 6.07) is 2.95. The zero-order valence-corrected chi connectivity index (χ0v) is 19.0. The molecule has 33 heavy (non-hydrogen) atoms. The van der Waals surface area contributed by atoms with E-state index in [1.807, 2.05) is 11.8 Å². The summed E-state index contributed by atoms with van der Waals surface area (Å²) in [6.45, 7) is 12.4. The van der Waals surface area contributed by atoms with Crippen molar-refractivity contribution in [2.45, 2.75) is 25.8 Å². The Morgan fingerprint density at radius 3 is 2.58 bits per heavy atom. The van der Waals surface area contributed by atoms with Crippen molar-refractivity contribution in [3.05, 3.63) is 72.5 Å². The zero-order valence-electron chi connectivity index (χ0n) is 19.0. The summed E-state index contributed by atoms with van der Waals surface area (Å²) >= 11 is 0. The molecule has 180 valence electrons. The van der Waals surface area contributed by atoms with Crippen LogP contribution in [-0.4, -0.2) is 49.7 Å². The highest BCUT2D eigenvalue weighted by Crippen LogP contribution is 2.27. The molecule has 0 fully saturated rings. The third-order valence-corrected chi connectivity index (χ3v) is 5.33. The fourth-order valence-electron chi connectivity index (χ4n) is 3.69. The van der Waals surface area contributed by atoms with Gasteiger partial charge in [0.15, 0.2) is 0 Å². The van der Waals surface area contributed by atoms with Gasteiger partial charge in [0.2, 0.25) is 0 Å². The highest BCUT2D eigenvalue weighted by molar-refractivity contribution is 5.84. The van der Waals surface area contributed by atoms with Crippen LogP contribution < -0.4 is 16.0 Å². The molecule has 0 spiro atoms. The van der Waals surface area contributed by atoms with Gasteiger partial charge in [-0.15, -0.1) is 0 Å². The number of aliphatic imine (C=N–C) groups is 1. The van der Waals surface area contributed by atoms with Crippen LogP contribution in [0, 0.1) is 23.0 Å². The summed E-state index contributed by atoms with van der Waals surface area (Å²) in [6.07, 6.45) is 4.72. The largest absolute Gasteiger partial charge is 0.390 e. The Balaban J connectivity index is 2.10. The third-order valence-electron chi connectivity index (χ3n) is 5.33. The number of hydrogen-bond donors (Lipinski definition) is 4. The lowest BCUT2D eigenvalue weighted by Gasteiger charge is -2.31. The molecule has 6 nitrogen and oxygen atoms in total. The molecule has 0 saturated heterocycles. The van der Waals surface area contributed by atoms with Gasteiger partial charge in [-0.05, 0) is 37.0 Å². The predicted octanol–water partition coefficient (Wildman–Crippen LogP) is 4.02. The van der Waals surface area contributed by atoms with E-state index in [9.17, 15) is 13.2 Å². The van der Waals surface area contributed by atoms with E-state index in [1.165, 1.54) is 24.5 Å². The van der Waals surface area contributed by atoms with E-state index in [1.54, 1.807) is 6.20 Å². The molecular formula is C24H33F3N6. The lowest BCUT2D eigenvalue weighted by Crippen LogP contribution is -2.42. The van der Waals surface area contributed by atoms with Crippen LogP contribution in [0.25, 0.3) is 0 Å². The Hall–Kier alpha value is -3.07. The number of amidine groups is 1. The molecule has 2 atom stereocenters. The number of nitrogens with zero attached hydrogens (tertiary/aromatic N) is 2. The maximum absolute atomic E-state index is 14.4. The molecule has 0 aromatic heterocycles. The van der Waals surface area contributed by atoms with Crippen LogP contribution in [0.3, 0.4) is 0 Å². The molecule has 1 aliphatic rings. The lowest BCUT2D eigenvalue weighted by molar-refractivity contribution is 0.377. The van der Waals surface area contributed by atoms with Gasteiger partial charge in [-0.3, -0.25) is 0 Å². The summed E-state index contributed by atoms with van der Waals surface area (Å²) in [5, 5.41) is 16.9. The third kappa shape index (κ3) is 8.09. The number of nitrogens with one attached hydrogen (secondary N) is 4. The minimum atomic E-state index is -0.656. The van der Waals surface area contributed by atoms with Crippen molar-refractivity contribution in [1.82, 2.24) is 20.9 Å². The maximum atomic E-state index is 14.4. The molecule has 4 N–H and O–H groups in total. The number of rotatable bonds is 14. The van der Waals surface area contributed by atoms with Crippen molar-refractivity contribution in [2.24, 2.45) is 10.9 Å². The lowest BCUT2D eigenvalue weighted by atomic mass is 9.97. The van der Waals surface area contributed by atoms with Gasteiger partial charge in [0, 0.05) is 63.4 Å². The van der Waals surface area contributed by atoms with Crippen molar-refractivity contribution in [3.63, 3.8) is 0 Å². The van der Waals surface area contributed by atoms with Gasteiger partial charge in [-0.25, -0.2) is 18.2 Å². The molecule has 2 unspecified atom stereocenters. The van der Waals surface area contributed by atoms with Crippen LogP contribution in [0.15, 0.2) is 60.3 Å². The van der Waals surface area contributed by atoms with Crippen molar-refractivity contribution < 1.29 is 13.2 Å². The highest BCUT2D eigenvalue weighted by atomic mass is 19.1. The maximum Gasteiger partial charge on any atom is 0.128 e. The van der Waals surface area contributed by atoms with Crippen molar-refractivity contribution in [3.8, 4) is 0 Å². The second-order valence-electron chi connectivity index (χ2n) is 7.67. The number of allylic oxidation sites excluding steroid dienone is 1. The fraction of sp³-hybridized carbons (Fsp3) is 0.417. The minimum Gasteiger partial charge on any atom is -0.390 e. The number of hydrogen-bond acceptors (Lipinski definition) is 6. The van der Waals surface area contributed by atoms with Crippen LogP contribution in [0.4, 0.5) is 13.2 Å². The first-order valence-corrected chi connectivity index (χ1v) is 11.0. The summed E-state index contributed by atoms with van der Waals surface area (Å²) < 4.78 is 41.7. The first kappa shape index (κ1) is 26.2. The minimum absolute atomic E-state index is 0.292. The molecule has 1 heterocycles. The van der Waals surface area contributed by atoms with E-state index in [0.29, 0.717) is 56.8 Å². The Labute approximate surface area is 193 Å². The Morgan fingerprint density at radius 2 is 1.94 bits per heavy atom. The monoisotopic (exact) mass is 462 g/mol. The van der Waals surface area contributed by atoms with Crippen LogP contribution in [0.2, 0.25) is 0 Å². The topological polar surface area (TPSA) is 75.5 Å². The molecule has 0 saturated carbocycles. The van der Waals surface area contributed by atoms with Gasteiger partial charge in [-0.1, -0.05) is 13.2 Å². The van der Waals surface area contributed by atoms with Gasteiger partial charge < -0.3 is 26.3 Å². The summed E-state index contributed by atoms with van der Waals surface area (Å²) in [5.74, 6) is -1.40. The Kier molecular flexibility index (Phi) is 10.7. The molecule has 2 rings (SSSR count). The van der Waals surface area contributed by atoms with Crippen LogP contribution in [-0.2, 0) is 0 Å². The quantitative estimate of drug-likeness (QED) is 0.249. The van der Waals surface area contributed by atoms with E-state index in [0.717, 1.165) is 11.9 Å². The van der Waals surface area contributed by atoms with Crippen LogP contribution in [0.1, 0.15) is 31.4 Å². The van der Waals surface area contributed by atoms with Gasteiger partial charge in [0.05, 0.1) is 12.1 Å². The van der Waals surface area contributed by atoms with Crippen molar-refractivity contribution in [2.75, 3.05) is 32.7 Å². The molecule has 0 bridgehead atoms. The van der Waals surface area contributed by atoms with Gasteiger partial charge in [-0.2, -0.15) is 0 Å². The summed E-state index contributed by atoms with van der Waals surface area (Å²) in [7, 11) is 0. The normalized spacial score (nSPS) is 16.3. The molecular weight excluding hydrogens is 429 g/mol. The molecule has 0 aliphatic carbocycles. The molecule has 1 aliphatic heterocycles. The smallest absolute Gasteiger partial charge is 0.128 e. The zero-order chi connectivity index (χ0) is 24.2. The first-order chi connectivity index (χ1) is 15.9. The molecule has 9 heteroatoms. The van der Waals surface area contributed by atoms with Gasteiger partial charge >= 0.3 is 0 Å². The summed E-state index contributed by atoms with van der Waals surface area (Å²) in [5.41, 5.74) is 1.05.